The van der Waals surface area contributed by atoms with Crippen LogP contribution in [0.3, 0.4) is 0 Å². The molecule has 0 amide bonds. The molecule has 0 atom stereocenters. The van der Waals surface area contributed by atoms with Crippen LogP contribution in [0.5, 0.6) is 0 Å². The average molecular weight is 205 g/mol. The molecule has 1 aliphatic rings. The fourth-order valence-corrected chi connectivity index (χ4v) is 1.60. The molecule has 2 N–H and O–H groups in total. The van der Waals surface area contributed by atoms with E-state index in [0.29, 0.717) is 0 Å². The third-order valence-corrected chi connectivity index (χ3v) is 2.44. The zero-order valence-electron chi connectivity index (χ0n) is 7.60. The van der Waals surface area contributed by atoms with E-state index in [-0.39, 0.29) is 0 Å². The van der Waals surface area contributed by atoms with Gasteiger partial charge in [0, 0.05) is 6.20 Å². The molecular weight excluding hydrogens is 194 g/mol. The maximum absolute atomic E-state index is 4.06. The monoisotopic (exact) mass is 205 g/mol. The largest absolute Gasteiger partial charge is 0.381 e. The maximum atomic E-state index is 4.06. The molecule has 14 heavy (non-hydrogen) atoms. The summed E-state index contributed by atoms with van der Waals surface area (Å²) in [4.78, 5) is 7.07. The highest BCUT2D eigenvalue weighted by atomic mass is 32.2. The molecule has 2 heterocycles. The Hall–Kier alpha value is -1.42. The van der Waals surface area contributed by atoms with Gasteiger partial charge in [0.25, 0.3) is 0 Å². The van der Waals surface area contributed by atoms with Gasteiger partial charge in [0.1, 0.15) is 0 Å². The Kier molecular flexibility index (Phi) is 3.08. The predicted molar refractivity (Wildman–Crippen MR) is 60.8 cm³/mol. The summed E-state index contributed by atoms with van der Waals surface area (Å²) in [6.45, 7) is 0. The molecule has 72 valence electrons. The minimum absolute atomic E-state index is 1.03. The van der Waals surface area contributed by atoms with Crippen LogP contribution in [-0.2, 0) is 0 Å². The van der Waals surface area contributed by atoms with Gasteiger partial charge in [0.2, 0.25) is 0 Å². The Bertz CT molecular complexity index is 386. The van der Waals surface area contributed by atoms with Crippen molar-refractivity contribution in [2.24, 2.45) is 0 Å². The molecule has 1 aromatic carbocycles. The fourth-order valence-electron chi connectivity index (χ4n) is 1.12. The molecule has 0 bridgehead atoms. The lowest BCUT2D eigenvalue weighted by atomic mass is 10.3. The quantitative estimate of drug-likeness (QED) is 0.693. The first kappa shape index (κ1) is 9.15. The number of hydrogen-bond donors (Lipinski definition) is 2. The minimum atomic E-state index is 1.03. The summed E-state index contributed by atoms with van der Waals surface area (Å²) in [6.07, 6.45) is 3.65. The molecule has 1 aliphatic heterocycles. The van der Waals surface area contributed by atoms with Crippen molar-refractivity contribution >= 4 is 22.8 Å². The Morgan fingerprint density at radius 2 is 2.21 bits per heavy atom. The number of nitrogens with one attached hydrogen (secondary N) is 2. The second-order valence-electron chi connectivity index (χ2n) is 2.74. The number of imidazole rings is 1. The lowest BCUT2D eigenvalue weighted by Crippen LogP contribution is -1.93. The van der Waals surface area contributed by atoms with Crippen molar-refractivity contribution in [3.63, 3.8) is 0 Å². The van der Waals surface area contributed by atoms with Gasteiger partial charge >= 0.3 is 0 Å². The van der Waals surface area contributed by atoms with E-state index in [4.69, 9.17) is 0 Å². The Balaban J connectivity index is 0.000000128. The van der Waals surface area contributed by atoms with Crippen LogP contribution in [0.15, 0.2) is 42.2 Å². The highest BCUT2D eigenvalue weighted by Crippen LogP contribution is 2.05. The van der Waals surface area contributed by atoms with Crippen molar-refractivity contribution in [2.45, 2.75) is 0 Å². The summed E-state index contributed by atoms with van der Waals surface area (Å²) in [5, 5.41) is 5.05. The normalized spacial score (nSPS) is 13.4. The lowest BCUT2D eigenvalue weighted by molar-refractivity contribution is 1.08. The van der Waals surface area contributed by atoms with E-state index in [9.17, 15) is 0 Å². The van der Waals surface area contributed by atoms with Crippen LogP contribution in [0.4, 0.5) is 0 Å². The third kappa shape index (κ3) is 2.29. The van der Waals surface area contributed by atoms with Crippen molar-refractivity contribution in [3.8, 4) is 0 Å². The van der Waals surface area contributed by atoms with Crippen molar-refractivity contribution < 1.29 is 0 Å². The topological polar surface area (TPSA) is 40.7 Å². The highest BCUT2D eigenvalue weighted by molar-refractivity contribution is 8.02. The van der Waals surface area contributed by atoms with Crippen LogP contribution in [0.1, 0.15) is 0 Å². The van der Waals surface area contributed by atoms with Gasteiger partial charge in [-0.15, -0.1) is 11.8 Å². The van der Waals surface area contributed by atoms with Crippen LogP contribution in [-0.4, -0.2) is 15.8 Å². The van der Waals surface area contributed by atoms with E-state index in [1.165, 1.54) is 0 Å². The van der Waals surface area contributed by atoms with Gasteiger partial charge in [0.15, 0.2) is 0 Å². The zero-order valence-corrected chi connectivity index (χ0v) is 8.42. The van der Waals surface area contributed by atoms with Gasteiger partial charge in [0.05, 0.1) is 23.2 Å². The number of rotatable bonds is 0. The smallest absolute Gasteiger partial charge is 0.0931 e. The van der Waals surface area contributed by atoms with E-state index in [1.54, 1.807) is 18.1 Å². The van der Waals surface area contributed by atoms with Crippen molar-refractivity contribution in [1.29, 1.82) is 0 Å². The Labute approximate surface area is 86.6 Å². The number of para-hydroxylation sites is 2. The maximum Gasteiger partial charge on any atom is 0.0931 e. The molecular formula is C10H11N3S. The van der Waals surface area contributed by atoms with Crippen molar-refractivity contribution in [3.05, 3.63) is 42.2 Å². The van der Waals surface area contributed by atoms with Crippen LogP contribution in [0, 0.1) is 0 Å². The summed E-state index contributed by atoms with van der Waals surface area (Å²) in [6, 6.07) is 7.94. The van der Waals surface area contributed by atoms with E-state index in [1.807, 2.05) is 35.9 Å². The molecule has 0 spiro atoms. The van der Waals surface area contributed by atoms with Gasteiger partial charge in [-0.2, -0.15) is 0 Å². The lowest BCUT2D eigenvalue weighted by Gasteiger charge is -1.81. The van der Waals surface area contributed by atoms with Gasteiger partial charge in [-0.3, -0.25) is 0 Å². The zero-order chi connectivity index (χ0) is 9.64. The van der Waals surface area contributed by atoms with Crippen molar-refractivity contribution in [2.75, 3.05) is 5.88 Å². The molecule has 4 heteroatoms. The molecule has 1 aromatic heterocycles. The van der Waals surface area contributed by atoms with Gasteiger partial charge in [-0.05, 0) is 17.5 Å². The standard InChI is InChI=1S/C7H6N2.C3H5NS/c1-2-4-7-6(3-1)8-5-9-7;1-2-5-3-4-1/h1-5H,(H,8,9);1-2,4H,3H2. The molecule has 0 aliphatic carbocycles. The third-order valence-electron chi connectivity index (χ3n) is 1.78. The molecule has 0 fully saturated rings. The SMILES string of the molecule is C1=CSCN1.c1ccc2[nH]cnc2c1. The molecule has 0 radical (unpaired) electrons. The number of hydrogen-bond acceptors (Lipinski definition) is 3. The molecule has 3 rings (SSSR count). The molecule has 0 unspecified atom stereocenters. The van der Waals surface area contributed by atoms with Gasteiger partial charge in [-0.25, -0.2) is 4.98 Å². The first-order chi connectivity index (χ1) is 6.97. The van der Waals surface area contributed by atoms with Gasteiger partial charge in [-0.1, -0.05) is 12.1 Å². The minimum Gasteiger partial charge on any atom is -0.381 e. The second kappa shape index (κ2) is 4.72. The number of aromatic amines is 1. The Morgan fingerprint density at radius 1 is 1.29 bits per heavy atom. The van der Waals surface area contributed by atoms with E-state index >= 15 is 0 Å². The average Bonchev–Trinajstić information content (AvgIpc) is 2.92. The summed E-state index contributed by atoms with van der Waals surface area (Å²) >= 11 is 1.78. The number of H-pyrrole nitrogens is 1. The van der Waals surface area contributed by atoms with Crippen LogP contribution >= 0.6 is 11.8 Å². The van der Waals surface area contributed by atoms with E-state index in [2.05, 4.69) is 15.3 Å². The number of nitrogens with zero attached hydrogens (tertiary/aromatic N) is 1. The number of fused-ring (bicyclic) bond motifs is 1. The molecule has 0 saturated heterocycles. The van der Waals surface area contributed by atoms with Crippen molar-refractivity contribution in [1.82, 2.24) is 15.3 Å². The Morgan fingerprint density at radius 3 is 2.86 bits per heavy atom. The van der Waals surface area contributed by atoms with Crippen LogP contribution < -0.4 is 5.32 Å². The van der Waals surface area contributed by atoms with E-state index < -0.39 is 0 Å². The summed E-state index contributed by atoms with van der Waals surface area (Å²) in [5.74, 6) is 1.06. The molecule has 0 saturated carbocycles. The van der Waals surface area contributed by atoms with Gasteiger partial charge < -0.3 is 10.3 Å². The number of thioether (sulfide) groups is 1. The summed E-state index contributed by atoms with van der Waals surface area (Å²) in [5.41, 5.74) is 2.12. The van der Waals surface area contributed by atoms with Crippen LogP contribution in [0.25, 0.3) is 11.0 Å². The van der Waals surface area contributed by atoms with E-state index in [0.717, 1.165) is 16.9 Å². The highest BCUT2D eigenvalue weighted by Gasteiger charge is 1.88. The number of aromatic nitrogens is 2. The molecule has 2 aromatic rings. The first-order valence-corrected chi connectivity index (χ1v) is 5.40. The second-order valence-corrected chi connectivity index (χ2v) is 3.63. The molecule has 3 nitrogen and oxygen atoms in total. The fraction of sp³-hybridized carbons (Fsp3) is 0.100. The summed E-state index contributed by atoms with van der Waals surface area (Å²) in [7, 11) is 0. The first-order valence-electron chi connectivity index (χ1n) is 4.35. The summed E-state index contributed by atoms with van der Waals surface area (Å²) < 4.78 is 0. The number of benzene rings is 1. The van der Waals surface area contributed by atoms with Crippen LogP contribution in [0.2, 0.25) is 0 Å². The predicted octanol–water partition coefficient (Wildman–Crippen LogP) is 2.31.